The van der Waals surface area contributed by atoms with Crippen LogP contribution < -0.4 is 0 Å². The van der Waals surface area contributed by atoms with Gasteiger partial charge in [-0.1, -0.05) is 13.3 Å². The number of unbranched alkanes of at least 4 members (excludes halogenated alkanes) is 1. The van der Waals surface area contributed by atoms with E-state index in [4.69, 9.17) is 9.47 Å². The van der Waals surface area contributed by atoms with Crippen molar-refractivity contribution in [3.05, 3.63) is 17.5 Å². The van der Waals surface area contributed by atoms with Crippen molar-refractivity contribution in [2.75, 3.05) is 40.0 Å². The smallest absolute Gasteiger partial charge is 0.0535 e. The van der Waals surface area contributed by atoms with Crippen LogP contribution >= 0.6 is 0 Å². The molecule has 0 spiro atoms. The third-order valence-electron chi connectivity index (χ3n) is 5.51. The van der Waals surface area contributed by atoms with Gasteiger partial charge in [0.25, 0.3) is 0 Å². The van der Waals surface area contributed by atoms with Gasteiger partial charge in [-0.05, 0) is 65.0 Å². The monoisotopic (exact) mass is 365 g/mol. The van der Waals surface area contributed by atoms with Crippen molar-refractivity contribution in [3.63, 3.8) is 0 Å². The molecule has 1 aliphatic carbocycles. The number of hydrogen-bond acceptors (Lipinski definition) is 4. The van der Waals surface area contributed by atoms with Gasteiger partial charge in [-0.15, -0.1) is 0 Å². The molecule has 0 aromatic carbocycles. The number of hydrogen-bond donors (Lipinski definition) is 1. The second kappa shape index (κ2) is 11.7. The molecule has 0 radical (unpaired) electrons. The first-order valence-corrected chi connectivity index (χ1v) is 10.5. The lowest BCUT2D eigenvalue weighted by molar-refractivity contribution is 0.0425. The normalized spacial score (nSPS) is 23.7. The maximum absolute atomic E-state index is 5.76. The predicted molar refractivity (Wildman–Crippen MR) is 106 cm³/mol. The van der Waals surface area contributed by atoms with Gasteiger partial charge in [0.2, 0.25) is 0 Å². The fourth-order valence-electron chi connectivity index (χ4n) is 4.24. The molecule has 1 aromatic heterocycles. The highest BCUT2D eigenvalue weighted by molar-refractivity contribution is 5.21. The average Bonchev–Trinajstić information content (AvgIpc) is 3.10. The van der Waals surface area contributed by atoms with Gasteiger partial charge in [-0.2, -0.15) is 5.10 Å². The van der Waals surface area contributed by atoms with Gasteiger partial charge < -0.3 is 14.4 Å². The van der Waals surface area contributed by atoms with Crippen LogP contribution in [0.4, 0.5) is 0 Å². The first-order chi connectivity index (χ1) is 12.7. The Labute approximate surface area is 159 Å². The molecule has 1 aliphatic rings. The van der Waals surface area contributed by atoms with Crippen LogP contribution in [0.1, 0.15) is 70.1 Å². The van der Waals surface area contributed by atoms with E-state index in [9.17, 15) is 0 Å². The molecule has 1 heterocycles. The molecule has 0 amide bonds. The minimum absolute atomic E-state index is 0.539. The van der Waals surface area contributed by atoms with Crippen molar-refractivity contribution in [2.24, 2.45) is 11.8 Å². The lowest BCUT2D eigenvalue weighted by Gasteiger charge is -2.35. The zero-order valence-electron chi connectivity index (χ0n) is 17.3. The molecule has 150 valence electrons. The highest BCUT2D eigenvalue weighted by atomic mass is 16.5. The second-order valence-electron chi connectivity index (χ2n) is 7.86. The zero-order valence-corrected chi connectivity index (χ0v) is 17.3. The van der Waals surface area contributed by atoms with Gasteiger partial charge in [0.15, 0.2) is 0 Å². The minimum Gasteiger partial charge on any atom is -0.381 e. The number of ether oxygens (including phenoxy) is 2. The fraction of sp³-hybridized carbons (Fsp3) is 0.857. The number of H-pyrrole nitrogens is 1. The van der Waals surface area contributed by atoms with E-state index in [1.54, 1.807) is 0 Å². The summed E-state index contributed by atoms with van der Waals surface area (Å²) in [6, 6.07) is 0. The molecule has 2 rings (SSSR count). The van der Waals surface area contributed by atoms with Crippen molar-refractivity contribution in [3.8, 4) is 0 Å². The Morgan fingerprint density at radius 2 is 1.73 bits per heavy atom. The van der Waals surface area contributed by atoms with Gasteiger partial charge in [-0.3, -0.25) is 5.10 Å². The number of aromatic nitrogens is 2. The van der Waals surface area contributed by atoms with Gasteiger partial charge in [-0.25, -0.2) is 0 Å². The molecule has 5 heteroatoms. The molecule has 26 heavy (non-hydrogen) atoms. The van der Waals surface area contributed by atoms with Crippen LogP contribution in [0.2, 0.25) is 0 Å². The number of aromatic amines is 1. The van der Waals surface area contributed by atoms with Crippen molar-refractivity contribution in [1.29, 1.82) is 0 Å². The van der Waals surface area contributed by atoms with E-state index < -0.39 is 0 Å². The summed E-state index contributed by atoms with van der Waals surface area (Å²) >= 11 is 0. The van der Waals surface area contributed by atoms with Crippen LogP contribution in [0.3, 0.4) is 0 Å². The zero-order chi connectivity index (χ0) is 18.8. The highest BCUT2D eigenvalue weighted by Crippen LogP contribution is 2.40. The average molecular weight is 366 g/mol. The Balaban J connectivity index is 2.03. The molecular formula is C21H39N3O2. The van der Waals surface area contributed by atoms with Gasteiger partial charge >= 0.3 is 0 Å². The van der Waals surface area contributed by atoms with Crippen molar-refractivity contribution < 1.29 is 9.47 Å². The Morgan fingerprint density at radius 3 is 2.31 bits per heavy atom. The van der Waals surface area contributed by atoms with E-state index in [-0.39, 0.29) is 0 Å². The van der Waals surface area contributed by atoms with E-state index in [2.05, 4.69) is 42.9 Å². The van der Waals surface area contributed by atoms with Crippen LogP contribution in [0, 0.1) is 11.8 Å². The largest absolute Gasteiger partial charge is 0.381 e. The van der Waals surface area contributed by atoms with Gasteiger partial charge in [0.05, 0.1) is 6.20 Å². The molecule has 0 saturated heterocycles. The Morgan fingerprint density at radius 1 is 1.08 bits per heavy atom. The van der Waals surface area contributed by atoms with Crippen molar-refractivity contribution >= 4 is 0 Å². The second-order valence-corrected chi connectivity index (χ2v) is 7.86. The van der Waals surface area contributed by atoms with E-state index in [1.165, 1.54) is 43.4 Å². The standard InChI is InChI=1S/C21H39N3O2/c1-5-8-9-24(4)14-20-13-22-23-21(20)19-11-17(15-25-6-2)10-18(12-19)16-26-7-3/h13,17-19H,5-12,14-16H2,1-4H3,(H,22,23)/t17-,18-/m1/s1. The summed E-state index contributed by atoms with van der Waals surface area (Å²) < 4.78 is 11.5. The van der Waals surface area contributed by atoms with Crippen LogP contribution in [0.5, 0.6) is 0 Å². The fourth-order valence-corrected chi connectivity index (χ4v) is 4.24. The molecular weight excluding hydrogens is 326 g/mol. The lowest BCUT2D eigenvalue weighted by atomic mass is 9.74. The third-order valence-corrected chi connectivity index (χ3v) is 5.51. The maximum Gasteiger partial charge on any atom is 0.0535 e. The summed E-state index contributed by atoms with van der Waals surface area (Å²) in [7, 11) is 2.21. The first-order valence-electron chi connectivity index (χ1n) is 10.5. The molecule has 1 N–H and O–H groups in total. The molecule has 1 aromatic rings. The van der Waals surface area contributed by atoms with E-state index in [0.717, 1.165) is 39.5 Å². The molecule has 2 atom stereocenters. The lowest BCUT2D eigenvalue weighted by Crippen LogP contribution is -2.28. The van der Waals surface area contributed by atoms with Crippen LogP contribution in [0.25, 0.3) is 0 Å². The van der Waals surface area contributed by atoms with Crippen LogP contribution in [-0.2, 0) is 16.0 Å². The Kier molecular flexibility index (Phi) is 9.65. The summed E-state index contributed by atoms with van der Waals surface area (Å²) in [4.78, 5) is 2.41. The van der Waals surface area contributed by atoms with E-state index >= 15 is 0 Å². The molecule has 1 fully saturated rings. The molecule has 0 unspecified atom stereocenters. The summed E-state index contributed by atoms with van der Waals surface area (Å²) in [5.74, 6) is 1.78. The summed E-state index contributed by atoms with van der Waals surface area (Å²) in [6.07, 6.45) is 8.12. The molecule has 5 nitrogen and oxygen atoms in total. The SMILES string of the molecule is CCCCN(C)Cc1cn[nH]c1C1C[C@H](COCC)C[C@@H](COCC)C1. The predicted octanol–water partition coefficient (Wildman–Crippen LogP) is 4.21. The Hall–Kier alpha value is -0.910. The van der Waals surface area contributed by atoms with Gasteiger partial charge in [0.1, 0.15) is 0 Å². The third kappa shape index (κ3) is 6.67. The summed E-state index contributed by atoms with van der Waals surface area (Å²) in [5, 5.41) is 7.72. The number of rotatable bonds is 12. The topological polar surface area (TPSA) is 50.4 Å². The molecule has 0 bridgehead atoms. The minimum atomic E-state index is 0.539. The number of nitrogens with zero attached hydrogens (tertiary/aromatic N) is 2. The van der Waals surface area contributed by atoms with Crippen molar-refractivity contribution in [2.45, 2.75) is 65.3 Å². The summed E-state index contributed by atoms with van der Waals surface area (Å²) in [6.45, 7) is 11.9. The molecule has 0 aliphatic heterocycles. The quantitative estimate of drug-likeness (QED) is 0.603. The number of nitrogens with one attached hydrogen (secondary N) is 1. The first kappa shape index (κ1) is 21.4. The van der Waals surface area contributed by atoms with E-state index in [1.807, 2.05) is 6.20 Å². The molecule has 1 saturated carbocycles. The van der Waals surface area contributed by atoms with Crippen LogP contribution in [-0.4, -0.2) is 55.1 Å². The Bertz CT molecular complexity index is 475. The summed E-state index contributed by atoms with van der Waals surface area (Å²) in [5.41, 5.74) is 2.71. The van der Waals surface area contributed by atoms with Crippen molar-refractivity contribution in [1.82, 2.24) is 15.1 Å². The van der Waals surface area contributed by atoms with Gasteiger partial charge in [0, 0.05) is 50.1 Å². The highest BCUT2D eigenvalue weighted by Gasteiger charge is 2.32. The maximum atomic E-state index is 5.76. The van der Waals surface area contributed by atoms with Crippen LogP contribution in [0.15, 0.2) is 6.20 Å². The van der Waals surface area contributed by atoms with E-state index in [0.29, 0.717) is 17.8 Å².